The van der Waals surface area contributed by atoms with Crippen molar-refractivity contribution in [3.63, 3.8) is 0 Å². The summed E-state index contributed by atoms with van der Waals surface area (Å²) < 4.78 is 0. The van der Waals surface area contributed by atoms with Crippen molar-refractivity contribution in [2.45, 2.75) is 12.8 Å². The first-order chi connectivity index (χ1) is 7.81. The number of hydrogen-bond acceptors (Lipinski definition) is 5. The van der Waals surface area contributed by atoms with Gasteiger partial charge in [-0.2, -0.15) is 0 Å². The normalized spacial score (nSPS) is 7.65. The van der Waals surface area contributed by atoms with Gasteiger partial charge in [0.25, 0.3) is 0 Å². The van der Waals surface area contributed by atoms with Gasteiger partial charge in [-0.15, -0.1) is 0 Å². The van der Waals surface area contributed by atoms with Gasteiger partial charge in [-0.1, -0.05) is 6.58 Å². The zero-order chi connectivity index (χ0) is 14.3. The molecule has 0 heterocycles. The van der Waals surface area contributed by atoms with Crippen LogP contribution in [0.1, 0.15) is 12.8 Å². The lowest BCUT2D eigenvalue weighted by molar-refractivity contribution is -0.143. The third kappa shape index (κ3) is 55.6. The van der Waals surface area contributed by atoms with Crippen LogP contribution in [-0.2, 0) is 14.4 Å². The highest BCUT2D eigenvalue weighted by Gasteiger charge is 2.00. The second kappa shape index (κ2) is 16.5. The first-order valence-corrected chi connectivity index (χ1v) is 4.57. The molecule has 0 aliphatic carbocycles. The van der Waals surface area contributed by atoms with E-state index in [9.17, 15) is 14.4 Å². The monoisotopic (exact) mass is 249 g/mol. The maximum Gasteiger partial charge on any atom is 0.303 e. The van der Waals surface area contributed by atoms with Gasteiger partial charge < -0.3 is 27.4 Å². The summed E-state index contributed by atoms with van der Waals surface area (Å²) in [6.07, 6.45) is 0.463. The molecule has 0 aromatic carbocycles. The smallest absolute Gasteiger partial charge is 0.303 e. The van der Waals surface area contributed by atoms with Crippen molar-refractivity contribution in [2.24, 2.45) is 17.2 Å². The van der Waals surface area contributed by atoms with Gasteiger partial charge in [-0.25, -0.2) is 0 Å². The van der Waals surface area contributed by atoms with Crippen LogP contribution in [0.15, 0.2) is 12.7 Å². The Labute approximate surface area is 99.1 Å². The van der Waals surface area contributed by atoms with E-state index in [1.807, 2.05) is 0 Å². The molecule has 0 aliphatic heterocycles. The lowest BCUT2D eigenvalue weighted by atomic mass is 10.3. The molecule has 17 heavy (non-hydrogen) atoms. The molecule has 0 spiro atoms. The van der Waals surface area contributed by atoms with Crippen LogP contribution in [0.5, 0.6) is 0 Å². The van der Waals surface area contributed by atoms with E-state index >= 15 is 0 Å². The van der Waals surface area contributed by atoms with E-state index < -0.39 is 17.8 Å². The summed E-state index contributed by atoms with van der Waals surface area (Å²) in [4.78, 5) is 28.8. The van der Waals surface area contributed by atoms with Gasteiger partial charge in [0.2, 0.25) is 5.91 Å². The summed E-state index contributed by atoms with van der Waals surface area (Å²) in [5.74, 6) is -2.63. The van der Waals surface area contributed by atoms with Crippen LogP contribution in [0.3, 0.4) is 0 Å². The second-order valence-corrected chi connectivity index (χ2v) is 2.47. The van der Waals surface area contributed by atoms with Crippen LogP contribution in [0.2, 0.25) is 0 Å². The van der Waals surface area contributed by atoms with Gasteiger partial charge in [0.05, 0.1) is 12.8 Å². The average Bonchev–Trinajstić information content (AvgIpc) is 2.27. The van der Waals surface area contributed by atoms with Crippen molar-refractivity contribution in [3.05, 3.63) is 12.7 Å². The van der Waals surface area contributed by atoms with E-state index in [4.69, 9.17) is 21.7 Å². The van der Waals surface area contributed by atoms with E-state index in [-0.39, 0.29) is 12.8 Å². The molecule has 0 saturated heterocycles. The zero-order valence-electron chi connectivity index (χ0n) is 9.46. The van der Waals surface area contributed by atoms with Gasteiger partial charge in [-0.05, 0) is 6.08 Å². The van der Waals surface area contributed by atoms with Gasteiger partial charge >= 0.3 is 11.9 Å². The third-order valence-corrected chi connectivity index (χ3v) is 0.921. The predicted molar refractivity (Wildman–Crippen MR) is 62.0 cm³/mol. The average molecular weight is 249 g/mol. The summed E-state index contributed by atoms with van der Waals surface area (Å²) >= 11 is 0. The fourth-order valence-electron chi connectivity index (χ4n) is 0.214. The van der Waals surface area contributed by atoms with Gasteiger partial charge in [0, 0.05) is 13.1 Å². The molecule has 0 bridgehead atoms. The lowest BCUT2D eigenvalue weighted by Crippen LogP contribution is -2.11. The molecule has 0 aliphatic rings. The Morgan fingerprint density at radius 1 is 1.00 bits per heavy atom. The van der Waals surface area contributed by atoms with Crippen molar-refractivity contribution >= 4 is 17.8 Å². The Morgan fingerprint density at radius 2 is 1.24 bits per heavy atom. The summed E-state index contributed by atoms with van der Waals surface area (Å²) in [7, 11) is 0. The SMILES string of the molecule is C=CC(N)=O.NCCN.O=C(O)CCC(=O)O. The predicted octanol–water partition coefficient (Wildman–Crippen LogP) is -1.50. The Kier molecular flexibility index (Phi) is 19.9. The summed E-state index contributed by atoms with van der Waals surface area (Å²) in [5.41, 5.74) is 14.3. The number of primary amides is 1. The minimum Gasteiger partial charge on any atom is -0.481 e. The van der Waals surface area contributed by atoms with Crippen LogP contribution in [-0.4, -0.2) is 41.1 Å². The number of carboxylic acid groups (broad SMARTS) is 2. The van der Waals surface area contributed by atoms with Gasteiger partial charge in [0.15, 0.2) is 0 Å². The minimum absolute atomic E-state index is 0.296. The molecule has 0 aromatic rings. The van der Waals surface area contributed by atoms with Crippen molar-refractivity contribution in [1.29, 1.82) is 0 Å². The topological polar surface area (TPSA) is 170 Å². The molecular weight excluding hydrogens is 230 g/mol. The molecule has 0 radical (unpaired) electrons. The van der Waals surface area contributed by atoms with E-state index in [2.05, 4.69) is 12.3 Å². The molecular formula is C9H19N3O5. The lowest BCUT2D eigenvalue weighted by Gasteiger charge is -1.85. The largest absolute Gasteiger partial charge is 0.481 e. The fraction of sp³-hybridized carbons (Fsp3) is 0.444. The number of amides is 1. The fourth-order valence-corrected chi connectivity index (χ4v) is 0.214. The van der Waals surface area contributed by atoms with Gasteiger partial charge in [-0.3, -0.25) is 14.4 Å². The number of rotatable bonds is 5. The van der Waals surface area contributed by atoms with Crippen LogP contribution in [0.4, 0.5) is 0 Å². The molecule has 8 nitrogen and oxygen atoms in total. The molecule has 0 atom stereocenters. The molecule has 8 heteroatoms. The van der Waals surface area contributed by atoms with Crippen molar-refractivity contribution < 1.29 is 24.6 Å². The molecule has 0 saturated carbocycles. The number of carbonyl (C=O) groups is 3. The molecule has 100 valence electrons. The highest BCUT2D eigenvalue weighted by Crippen LogP contribution is 1.86. The highest BCUT2D eigenvalue weighted by atomic mass is 16.4. The quantitative estimate of drug-likeness (QED) is 0.369. The maximum absolute atomic E-state index is 9.64. The maximum atomic E-state index is 9.64. The summed E-state index contributed by atoms with van der Waals surface area (Å²) in [5, 5.41) is 15.8. The second-order valence-electron chi connectivity index (χ2n) is 2.47. The molecule has 8 N–H and O–H groups in total. The Hall–Kier alpha value is -1.93. The standard InChI is InChI=1S/C4H6O4.C3H5NO.C2H8N2/c5-3(6)1-2-4(7)8;1-2-3(4)5;3-1-2-4/h1-2H2,(H,5,6)(H,7,8);2H,1H2,(H2,4,5);1-4H2. The Bertz CT molecular complexity index is 227. The van der Waals surface area contributed by atoms with E-state index in [0.29, 0.717) is 13.1 Å². The number of nitrogens with two attached hydrogens (primary N) is 3. The van der Waals surface area contributed by atoms with E-state index in [1.165, 1.54) is 0 Å². The van der Waals surface area contributed by atoms with Gasteiger partial charge in [0.1, 0.15) is 0 Å². The zero-order valence-corrected chi connectivity index (χ0v) is 9.46. The number of hydrogen-bond donors (Lipinski definition) is 5. The van der Waals surface area contributed by atoms with Crippen LogP contribution in [0, 0.1) is 0 Å². The highest BCUT2D eigenvalue weighted by molar-refractivity contribution is 5.84. The third-order valence-electron chi connectivity index (χ3n) is 0.921. The van der Waals surface area contributed by atoms with Crippen LogP contribution >= 0.6 is 0 Å². The van der Waals surface area contributed by atoms with Crippen LogP contribution in [0.25, 0.3) is 0 Å². The van der Waals surface area contributed by atoms with Crippen LogP contribution < -0.4 is 17.2 Å². The van der Waals surface area contributed by atoms with E-state index in [0.717, 1.165) is 6.08 Å². The number of carboxylic acids is 2. The molecule has 1 amide bonds. The summed E-state index contributed by atoms with van der Waals surface area (Å²) in [6.45, 7) is 4.28. The Morgan fingerprint density at radius 3 is 1.29 bits per heavy atom. The molecule has 0 fully saturated rings. The van der Waals surface area contributed by atoms with Crippen molar-refractivity contribution in [2.75, 3.05) is 13.1 Å². The first-order valence-electron chi connectivity index (χ1n) is 4.57. The molecule has 0 aromatic heterocycles. The van der Waals surface area contributed by atoms with Crippen molar-refractivity contribution in [3.8, 4) is 0 Å². The van der Waals surface area contributed by atoms with E-state index in [1.54, 1.807) is 0 Å². The number of carbonyl (C=O) groups excluding carboxylic acids is 1. The number of aliphatic carboxylic acids is 2. The first kappa shape index (κ1) is 20.5. The Balaban J connectivity index is -0.000000188. The summed E-state index contributed by atoms with van der Waals surface area (Å²) in [6, 6.07) is 0. The van der Waals surface area contributed by atoms with Crippen molar-refractivity contribution in [1.82, 2.24) is 0 Å². The molecule has 0 rings (SSSR count). The minimum atomic E-state index is -1.08. The molecule has 0 unspecified atom stereocenters.